The van der Waals surface area contributed by atoms with E-state index in [1.54, 1.807) is 14.2 Å². The van der Waals surface area contributed by atoms with Gasteiger partial charge in [0.1, 0.15) is 0 Å². The van der Waals surface area contributed by atoms with Gasteiger partial charge in [0.2, 0.25) is 0 Å². The third kappa shape index (κ3) is 2.93. The van der Waals surface area contributed by atoms with Crippen LogP contribution in [0.1, 0.15) is 12.5 Å². The van der Waals surface area contributed by atoms with Crippen LogP contribution in [0.5, 0.6) is 0 Å². The van der Waals surface area contributed by atoms with E-state index >= 15 is 0 Å². The highest BCUT2D eigenvalue weighted by Gasteiger charge is 2.23. The van der Waals surface area contributed by atoms with Crippen molar-refractivity contribution in [1.29, 1.82) is 0 Å². The monoisotopic (exact) mass is 306 g/mol. The van der Waals surface area contributed by atoms with Crippen molar-refractivity contribution < 1.29 is 9.47 Å². The Morgan fingerprint density at radius 2 is 1.79 bits per heavy atom. The quantitative estimate of drug-likeness (QED) is 0.629. The second kappa shape index (κ2) is 5.09. The van der Waals surface area contributed by atoms with Gasteiger partial charge < -0.3 is 9.47 Å². The summed E-state index contributed by atoms with van der Waals surface area (Å²) in [7, 11) is 3.33. The normalized spacial score (nSPS) is 11.7. The standard InChI is InChI=1S/C11H15IO2/c1-11(13-2,14-3)8-9-6-4-5-7-10(9)12/h4-7H,8H2,1-3H3. The maximum absolute atomic E-state index is 5.32. The van der Waals surface area contributed by atoms with Crippen molar-refractivity contribution in [2.24, 2.45) is 0 Å². The molecule has 14 heavy (non-hydrogen) atoms. The minimum Gasteiger partial charge on any atom is -0.353 e. The molecule has 1 aromatic rings. The van der Waals surface area contributed by atoms with Gasteiger partial charge in [-0.3, -0.25) is 0 Å². The number of halogens is 1. The number of ether oxygens (including phenoxy) is 2. The molecule has 1 rings (SSSR count). The third-order valence-corrected chi connectivity index (χ3v) is 3.39. The summed E-state index contributed by atoms with van der Waals surface area (Å²) >= 11 is 2.32. The topological polar surface area (TPSA) is 18.5 Å². The Bertz CT molecular complexity index is 295. The minimum absolute atomic E-state index is 0.527. The molecule has 0 aliphatic carbocycles. The van der Waals surface area contributed by atoms with E-state index in [4.69, 9.17) is 9.47 Å². The van der Waals surface area contributed by atoms with Gasteiger partial charge >= 0.3 is 0 Å². The Hall–Kier alpha value is -0.130. The van der Waals surface area contributed by atoms with Crippen LogP contribution in [0.2, 0.25) is 0 Å². The van der Waals surface area contributed by atoms with Crippen LogP contribution in [0, 0.1) is 3.57 Å². The van der Waals surface area contributed by atoms with Gasteiger partial charge in [0, 0.05) is 24.2 Å². The molecule has 0 heterocycles. The first kappa shape index (κ1) is 11.9. The zero-order valence-corrected chi connectivity index (χ0v) is 10.9. The van der Waals surface area contributed by atoms with Crippen molar-refractivity contribution in [3.8, 4) is 0 Å². The molecular formula is C11H15IO2. The fourth-order valence-electron chi connectivity index (χ4n) is 1.22. The fourth-order valence-corrected chi connectivity index (χ4v) is 1.79. The lowest BCUT2D eigenvalue weighted by molar-refractivity contribution is -0.191. The predicted molar refractivity (Wildman–Crippen MR) is 65.3 cm³/mol. The molecule has 0 saturated heterocycles. The summed E-state index contributed by atoms with van der Waals surface area (Å²) in [5, 5.41) is 0. The summed E-state index contributed by atoms with van der Waals surface area (Å²) in [5.74, 6) is -0.527. The maximum atomic E-state index is 5.32. The minimum atomic E-state index is -0.527. The van der Waals surface area contributed by atoms with Crippen molar-refractivity contribution >= 4 is 22.6 Å². The van der Waals surface area contributed by atoms with E-state index in [-0.39, 0.29) is 0 Å². The summed E-state index contributed by atoms with van der Waals surface area (Å²) in [6.07, 6.45) is 0.763. The fraction of sp³-hybridized carbons (Fsp3) is 0.455. The molecule has 0 amide bonds. The van der Waals surface area contributed by atoms with Crippen molar-refractivity contribution in [1.82, 2.24) is 0 Å². The number of methoxy groups -OCH3 is 2. The van der Waals surface area contributed by atoms with Gasteiger partial charge in [0.05, 0.1) is 0 Å². The highest BCUT2D eigenvalue weighted by molar-refractivity contribution is 14.1. The number of hydrogen-bond acceptors (Lipinski definition) is 2. The first-order chi connectivity index (χ1) is 6.61. The summed E-state index contributed by atoms with van der Waals surface area (Å²) in [4.78, 5) is 0. The van der Waals surface area contributed by atoms with Gasteiger partial charge in [-0.2, -0.15) is 0 Å². The molecule has 0 aromatic heterocycles. The molecule has 1 aromatic carbocycles. The average molecular weight is 306 g/mol. The summed E-state index contributed by atoms with van der Waals surface area (Å²) < 4.78 is 11.9. The van der Waals surface area contributed by atoms with Crippen LogP contribution in [0.15, 0.2) is 24.3 Å². The van der Waals surface area contributed by atoms with E-state index in [9.17, 15) is 0 Å². The zero-order chi connectivity index (χ0) is 10.6. The lowest BCUT2D eigenvalue weighted by atomic mass is 10.1. The van der Waals surface area contributed by atoms with E-state index in [2.05, 4.69) is 34.7 Å². The first-order valence-corrected chi connectivity index (χ1v) is 5.53. The van der Waals surface area contributed by atoms with Gasteiger partial charge in [-0.25, -0.2) is 0 Å². The maximum Gasteiger partial charge on any atom is 0.168 e. The van der Waals surface area contributed by atoms with Crippen LogP contribution in [0.3, 0.4) is 0 Å². The Morgan fingerprint density at radius 3 is 2.29 bits per heavy atom. The van der Waals surface area contributed by atoms with Gasteiger partial charge in [-0.15, -0.1) is 0 Å². The highest BCUT2D eigenvalue weighted by Crippen LogP contribution is 2.21. The van der Waals surface area contributed by atoms with Gasteiger partial charge in [0.25, 0.3) is 0 Å². The molecule has 0 aliphatic heterocycles. The molecule has 0 bridgehead atoms. The average Bonchev–Trinajstić information content (AvgIpc) is 2.21. The zero-order valence-electron chi connectivity index (χ0n) is 8.71. The number of benzene rings is 1. The number of rotatable bonds is 4. The van der Waals surface area contributed by atoms with Crippen molar-refractivity contribution in [2.45, 2.75) is 19.1 Å². The second-order valence-electron chi connectivity index (χ2n) is 3.31. The van der Waals surface area contributed by atoms with E-state index in [1.807, 2.05) is 19.1 Å². The van der Waals surface area contributed by atoms with E-state index < -0.39 is 5.79 Å². The van der Waals surface area contributed by atoms with Crippen LogP contribution in [0.25, 0.3) is 0 Å². The van der Waals surface area contributed by atoms with Crippen LogP contribution >= 0.6 is 22.6 Å². The van der Waals surface area contributed by atoms with Gasteiger partial charge in [0.15, 0.2) is 5.79 Å². The lowest BCUT2D eigenvalue weighted by Crippen LogP contribution is -2.32. The van der Waals surface area contributed by atoms with E-state index in [1.165, 1.54) is 9.13 Å². The van der Waals surface area contributed by atoms with Crippen molar-refractivity contribution in [3.63, 3.8) is 0 Å². The molecule has 0 fully saturated rings. The molecule has 2 nitrogen and oxygen atoms in total. The molecular weight excluding hydrogens is 291 g/mol. The first-order valence-electron chi connectivity index (χ1n) is 4.45. The van der Waals surface area contributed by atoms with Gasteiger partial charge in [-0.1, -0.05) is 18.2 Å². The smallest absolute Gasteiger partial charge is 0.168 e. The molecule has 0 unspecified atom stereocenters. The molecule has 0 radical (unpaired) electrons. The number of hydrogen-bond donors (Lipinski definition) is 0. The molecule has 0 saturated carbocycles. The highest BCUT2D eigenvalue weighted by atomic mass is 127. The Balaban J connectivity index is 2.82. The van der Waals surface area contributed by atoms with Crippen LogP contribution < -0.4 is 0 Å². The summed E-state index contributed by atoms with van der Waals surface area (Å²) in [5.41, 5.74) is 1.25. The molecule has 3 heteroatoms. The lowest BCUT2D eigenvalue weighted by Gasteiger charge is -2.26. The largest absolute Gasteiger partial charge is 0.353 e. The van der Waals surface area contributed by atoms with E-state index in [0.29, 0.717) is 0 Å². The summed E-state index contributed by atoms with van der Waals surface area (Å²) in [6.45, 7) is 1.94. The predicted octanol–water partition coefficient (Wildman–Crippen LogP) is 2.84. The Labute approximate surface area is 98.7 Å². The van der Waals surface area contributed by atoms with Crippen molar-refractivity contribution in [3.05, 3.63) is 33.4 Å². The molecule has 0 spiro atoms. The summed E-state index contributed by atoms with van der Waals surface area (Å²) in [6, 6.07) is 8.24. The van der Waals surface area contributed by atoms with Crippen LogP contribution in [-0.2, 0) is 15.9 Å². The molecule has 78 valence electrons. The Kier molecular flexibility index (Phi) is 4.34. The SMILES string of the molecule is COC(C)(Cc1ccccc1I)OC. The van der Waals surface area contributed by atoms with E-state index in [0.717, 1.165) is 6.42 Å². The third-order valence-electron chi connectivity index (χ3n) is 2.33. The van der Waals surface area contributed by atoms with Crippen LogP contribution in [0.4, 0.5) is 0 Å². The molecule has 0 atom stereocenters. The van der Waals surface area contributed by atoms with Crippen LogP contribution in [-0.4, -0.2) is 20.0 Å². The Morgan fingerprint density at radius 1 is 1.21 bits per heavy atom. The molecule has 0 aliphatic rings. The van der Waals surface area contributed by atoms with Gasteiger partial charge in [-0.05, 0) is 41.1 Å². The van der Waals surface area contributed by atoms with Crippen molar-refractivity contribution in [2.75, 3.05) is 14.2 Å². The molecule has 0 N–H and O–H groups in total. The second-order valence-corrected chi connectivity index (χ2v) is 4.47.